The van der Waals surface area contributed by atoms with Crippen molar-refractivity contribution < 1.29 is 9.47 Å². The zero-order chi connectivity index (χ0) is 17.6. The maximum atomic E-state index is 5.94. The predicted molar refractivity (Wildman–Crippen MR) is 103 cm³/mol. The van der Waals surface area contributed by atoms with E-state index < -0.39 is 0 Å². The first kappa shape index (κ1) is 17.1. The molecule has 128 valence electrons. The van der Waals surface area contributed by atoms with E-state index in [9.17, 15) is 0 Å². The van der Waals surface area contributed by atoms with Gasteiger partial charge in [-0.1, -0.05) is 61.9 Å². The molecule has 25 heavy (non-hydrogen) atoms. The van der Waals surface area contributed by atoms with Gasteiger partial charge in [0.25, 0.3) is 0 Å². The molecular formula is C23H24O2. The largest absolute Gasteiger partial charge is 0.489 e. The fourth-order valence-corrected chi connectivity index (χ4v) is 2.65. The third kappa shape index (κ3) is 4.87. The van der Waals surface area contributed by atoms with Gasteiger partial charge in [0.2, 0.25) is 0 Å². The molecule has 3 aromatic carbocycles. The standard InChI is InChI=1S/C23H24O2/c1-17(2)20-10-12-21(13-11-20)25-23-9-5-8-22(15-23)24-16-19-7-4-6-18(3)14-19/h4-15,17H,16H2,1-3H3. The third-order valence-electron chi connectivity index (χ3n) is 4.08. The average molecular weight is 332 g/mol. The summed E-state index contributed by atoms with van der Waals surface area (Å²) >= 11 is 0. The molecule has 3 aromatic rings. The number of hydrogen-bond donors (Lipinski definition) is 0. The first-order valence-electron chi connectivity index (χ1n) is 8.66. The molecule has 0 aliphatic carbocycles. The number of aryl methyl sites for hydroxylation is 1. The lowest BCUT2D eigenvalue weighted by atomic mass is 10.0. The van der Waals surface area contributed by atoms with E-state index in [0.29, 0.717) is 12.5 Å². The van der Waals surface area contributed by atoms with Crippen LogP contribution < -0.4 is 9.47 Å². The van der Waals surface area contributed by atoms with E-state index in [1.807, 2.05) is 42.5 Å². The third-order valence-corrected chi connectivity index (χ3v) is 4.08. The van der Waals surface area contributed by atoms with Gasteiger partial charge in [0.1, 0.15) is 23.9 Å². The van der Waals surface area contributed by atoms with Crippen LogP contribution in [0.3, 0.4) is 0 Å². The van der Waals surface area contributed by atoms with Gasteiger partial charge in [-0.2, -0.15) is 0 Å². The summed E-state index contributed by atoms with van der Waals surface area (Å²) in [5, 5.41) is 0. The van der Waals surface area contributed by atoms with E-state index in [0.717, 1.165) is 22.8 Å². The monoisotopic (exact) mass is 332 g/mol. The van der Waals surface area contributed by atoms with Gasteiger partial charge >= 0.3 is 0 Å². The van der Waals surface area contributed by atoms with Crippen LogP contribution in [0.25, 0.3) is 0 Å². The van der Waals surface area contributed by atoms with Gasteiger partial charge in [-0.05, 0) is 48.2 Å². The second-order valence-electron chi connectivity index (χ2n) is 6.58. The highest BCUT2D eigenvalue weighted by Crippen LogP contribution is 2.27. The van der Waals surface area contributed by atoms with Crippen LogP contribution in [0.2, 0.25) is 0 Å². The zero-order valence-corrected chi connectivity index (χ0v) is 15.0. The van der Waals surface area contributed by atoms with Gasteiger partial charge in [-0.3, -0.25) is 0 Å². The lowest BCUT2D eigenvalue weighted by molar-refractivity contribution is 0.304. The summed E-state index contributed by atoms with van der Waals surface area (Å²) in [4.78, 5) is 0. The maximum Gasteiger partial charge on any atom is 0.131 e. The van der Waals surface area contributed by atoms with Crippen LogP contribution in [0.5, 0.6) is 17.2 Å². The van der Waals surface area contributed by atoms with Crippen LogP contribution in [-0.2, 0) is 6.61 Å². The van der Waals surface area contributed by atoms with Gasteiger partial charge < -0.3 is 9.47 Å². The Hall–Kier alpha value is -2.74. The first-order chi connectivity index (χ1) is 12.1. The van der Waals surface area contributed by atoms with Crippen molar-refractivity contribution in [2.24, 2.45) is 0 Å². The van der Waals surface area contributed by atoms with Crippen molar-refractivity contribution in [1.29, 1.82) is 0 Å². The highest BCUT2D eigenvalue weighted by atomic mass is 16.5. The fraction of sp³-hybridized carbons (Fsp3) is 0.217. The Labute approximate surface area is 150 Å². The molecule has 0 saturated heterocycles. The van der Waals surface area contributed by atoms with Crippen LogP contribution in [0.15, 0.2) is 72.8 Å². The van der Waals surface area contributed by atoms with Crippen LogP contribution in [-0.4, -0.2) is 0 Å². The van der Waals surface area contributed by atoms with E-state index in [4.69, 9.17) is 9.47 Å². The molecule has 0 heterocycles. The molecule has 0 N–H and O–H groups in total. The van der Waals surface area contributed by atoms with Crippen molar-refractivity contribution in [3.05, 3.63) is 89.5 Å². The summed E-state index contributed by atoms with van der Waals surface area (Å²) < 4.78 is 11.8. The average Bonchev–Trinajstić information content (AvgIpc) is 2.61. The van der Waals surface area contributed by atoms with Crippen molar-refractivity contribution in [2.45, 2.75) is 33.3 Å². The topological polar surface area (TPSA) is 18.5 Å². The minimum absolute atomic E-state index is 0.521. The number of ether oxygens (including phenoxy) is 2. The Bertz CT molecular complexity index is 820. The van der Waals surface area contributed by atoms with E-state index in [2.05, 4.69) is 51.1 Å². The predicted octanol–water partition coefficient (Wildman–Crippen LogP) is 6.49. The number of rotatable bonds is 6. The second-order valence-corrected chi connectivity index (χ2v) is 6.58. The van der Waals surface area contributed by atoms with Crippen molar-refractivity contribution in [2.75, 3.05) is 0 Å². The Morgan fingerprint density at radius 3 is 2.20 bits per heavy atom. The Kier molecular flexibility index (Phi) is 5.39. The van der Waals surface area contributed by atoms with Gasteiger partial charge in [0.15, 0.2) is 0 Å². The molecule has 0 spiro atoms. The normalized spacial score (nSPS) is 10.7. The van der Waals surface area contributed by atoms with Crippen LogP contribution in [0.4, 0.5) is 0 Å². The molecule has 0 bridgehead atoms. The first-order valence-corrected chi connectivity index (χ1v) is 8.66. The summed E-state index contributed by atoms with van der Waals surface area (Å²) in [6.45, 7) is 7.01. The lowest BCUT2D eigenvalue weighted by Crippen LogP contribution is -1.96. The van der Waals surface area contributed by atoms with Crippen LogP contribution >= 0.6 is 0 Å². The Morgan fingerprint density at radius 1 is 0.760 bits per heavy atom. The van der Waals surface area contributed by atoms with Crippen LogP contribution in [0, 0.1) is 6.92 Å². The van der Waals surface area contributed by atoms with Crippen molar-refractivity contribution in [1.82, 2.24) is 0 Å². The van der Waals surface area contributed by atoms with Gasteiger partial charge in [-0.25, -0.2) is 0 Å². The fourth-order valence-electron chi connectivity index (χ4n) is 2.65. The molecule has 0 fully saturated rings. The molecule has 0 atom stereocenters. The van der Waals surface area contributed by atoms with E-state index >= 15 is 0 Å². The molecule has 0 aliphatic rings. The second kappa shape index (κ2) is 7.89. The zero-order valence-electron chi connectivity index (χ0n) is 15.0. The summed E-state index contributed by atoms with van der Waals surface area (Å²) in [7, 11) is 0. The highest BCUT2D eigenvalue weighted by Gasteiger charge is 2.03. The highest BCUT2D eigenvalue weighted by molar-refractivity contribution is 5.38. The molecule has 0 saturated carbocycles. The molecular weight excluding hydrogens is 308 g/mol. The van der Waals surface area contributed by atoms with Gasteiger partial charge in [0.05, 0.1) is 0 Å². The Morgan fingerprint density at radius 2 is 1.48 bits per heavy atom. The smallest absolute Gasteiger partial charge is 0.131 e. The molecule has 2 nitrogen and oxygen atoms in total. The molecule has 2 heteroatoms. The quantitative estimate of drug-likeness (QED) is 0.513. The number of hydrogen-bond acceptors (Lipinski definition) is 2. The minimum atomic E-state index is 0.521. The van der Waals surface area contributed by atoms with Crippen LogP contribution in [0.1, 0.15) is 36.5 Å². The van der Waals surface area contributed by atoms with E-state index in [-0.39, 0.29) is 0 Å². The lowest BCUT2D eigenvalue weighted by Gasteiger charge is -2.11. The molecule has 0 aromatic heterocycles. The van der Waals surface area contributed by atoms with E-state index in [1.165, 1.54) is 11.1 Å². The van der Waals surface area contributed by atoms with Gasteiger partial charge in [0, 0.05) is 6.07 Å². The number of benzene rings is 3. The van der Waals surface area contributed by atoms with Gasteiger partial charge in [-0.15, -0.1) is 0 Å². The SMILES string of the molecule is Cc1cccc(COc2cccc(Oc3ccc(C(C)C)cc3)c2)c1. The Balaban J connectivity index is 1.64. The molecule has 0 unspecified atom stereocenters. The minimum Gasteiger partial charge on any atom is -0.489 e. The molecule has 0 aliphatic heterocycles. The summed E-state index contributed by atoms with van der Waals surface area (Å²) in [5.74, 6) is 2.93. The van der Waals surface area contributed by atoms with Crippen molar-refractivity contribution >= 4 is 0 Å². The van der Waals surface area contributed by atoms with E-state index in [1.54, 1.807) is 0 Å². The maximum absolute atomic E-state index is 5.94. The molecule has 0 amide bonds. The molecule has 0 radical (unpaired) electrons. The summed E-state index contributed by atoms with van der Waals surface area (Å²) in [6.07, 6.45) is 0. The van der Waals surface area contributed by atoms with Crippen molar-refractivity contribution in [3.63, 3.8) is 0 Å². The summed E-state index contributed by atoms with van der Waals surface area (Å²) in [6, 6.07) is 24.3. The van der Waals surface area contributed by atoms with Crippen molar-refractivity contribution in [3.8, 4) is 17.2 Å². The summed E-state index contributed by atoms with van der Waals surface area (Å²) in [5.41, 5.74) is 3.71. The molecule has 3 rings (SSSR count).